The van der Waals surface area contributed by atoms with Gasteiger partial charge in [-0.15, -0.1) is 12.4 Å². The lowest BCUT2D eigenvalue weighted by Gasteiger charge is -2.25. The highest BCUT2D eigenvalue weighted by atomic mass is 35.5. The largest absolute Gasteiger partial charge is 0.496 e. The molecule has 2 atom stereocenters. The predicted molar refractivity (Wildman–Crippen MR) is 101 cm³/mol. The van der Waals surface area contributed by atoms with Gasteiger partial charge in [-0.2, -0.15) is 0 Å². The van der Waals surface area contributed by atoms with Crippen LogP contribution in [-0.4, -0.2) is 56.0 Å². The molecule has 2 unspecified atom stereocenters. The van der Waals surface area contributed by atoms with E-state index in [2.05, 4.69) is 10.6 Å². The van der Waals surface area contributed by atoms with Crippen LogP contribution in [0.5, 0.6) is 5.75 Å². The third-order valence-electron chi connectivity index (χ3n) is 4.28. The van der Waals surface area contributed by atoms with Gasteiger partial charge in [0.25, 0.3) is 5.91 Å². The van der Waals surface area contributed by atoms with Gasteiger partial charge in [-0.1, -0.05) is 11.6 Å². The van der Waals surface area contributed by atoms with Gasteiger partial charge >= 0.3 is 0 Å². The summed E-state index contributed by atoms with van der Waals surface area (Å²) in [7, 11) is 3.35. The number of likely N-dealkylation sites (N-methyl/N-ethyl adjacent to an activating group) is 1. The van der Waals surface area contributed by atoms with Crippen molar-refractivity contribution in [1.82, 2.24) is 15.5 Å². The highest BCUT2D eigenvalue weighted by molar-refractivity contribution is 6.31. The Kier molecular flexibility index (Phi) is 8.48. The lowest BCUT2D eigenvalue weighted by Crippen LogP contribution is -2.48. The molecule has 1 fully saturated rings. The molecule has 0 spiro atoms. The second-order valence-corrected chi connectivity index (χ2v) is 6.37. The van der Waals surface area contributed by atoms with Gasteiger partial charge in [-0.25, -0.2) is 0 Å². The third kappa shape index (κ3) is 5.23. The molecule has 1 aliphatic rings. The molecule has 140 valence electrons. The van der Waals surface area contributed by atoms with Crippen molar-refractivity contribution >= 4 is 35.8 Å². The highest BCUT2D eigenvalue weighted by Gasteiger charge is 2.35. The van der Waals surface area contributed by atoms with Crippen molar-refractivity contribution in [3.8, 4) is 5.75 Å². The molecule has 2 rings (SSSR count). The Labute approximate surface area is 159 Å². The minimum Gasteiger partial charge on any atom is -0.496 e. The van der Waals surface area contributed by atoms with Crippen LogP contribution in [0.2, 0.25) is 5.02 Å². The predicted octanol–water partition coefficient (Wildman–Crippen LogP) is 2.10. The SMILES string of the molecule is CNC(C)CNC(=O)C1CCCN1C(=O)c1cc(Cl)ccc1OC.Cl. The lowest BCUT2D eigenvalue weighted by atomic mass is 10.1. The van der Waals surface area contributed by atoms with Crippen molar-refractivity contribution in [2.45, 2.75) is 31.8 Å². The van der Waals surface area contributed by atoms with Crippen molar-refractivity contribution in [2.75, 3.05) is 27.2 Å². The standard InChI is InChI=1S/C17H24ClN3O3.ClH/c1-11(19-2)10-20-16(22)14-5-4-8-21(14)17(23)13-9-12(18)6-7-15(13)24-3;/h6-7,9,11,14,19H,4-5,8,10H2,1-3H3,(H,20,22);1H. The van der Waals surface area contributed by atoms with Gasteiger partial charge < -0.3 is 20.3 Å². The van der Waals surface area contributed by atoms with Crippen molar-refractivity contribution in [2.24, 2.45) is 0 Å². The van der Waals surface area contributed by atoms with Crippen molar-refractivity contribution < 1.29 is 14.3 Å². The van der Waals surface area contributed by atoms with Gasteiger partial charge in [0, 0.05) is 24.2 Å². The number of nitrogens with zero attached hydrogens (tertiary/aromatic N) is 1. The van der Waals surface area contributed by atoms with Crippen molar-refractivity contribution in [3.05, 3.63) is 28.8 Å². The fourth-order valence-corrected chi connectivity index (χ4v) is 2.93. The number of amides is 2. The number of ether oxygens (including phenoxy) is 1. The molecular formula is C17H25Cl2N3O3. The maximum Gasteiger partial charge on any atom is 0.258 e. The summed E-state index contributed by atoms with van der Waals surface area (Å²) >= 11 is 6.01. The zero-order valence-electron chi connectivity index (χ0n) is 14.7. The zero-order chi connectivity index (χ0) is 17.7. The number of hydrogen-bond donors (Lipinski definition) is 2. The number of likely N-dealkylation sites (tertiary alicyclic amines) is 1. The summed E-state index contributed by atoms with van der Waals surface area (Å²) in [6.45, 7) is 3.05. The molecule has 0 radical (unpaired) electrons. The van der Waals surface area contributed by atoms with E-state index in [1.807, 2.05) is 14.0 Å². The smallest absolute Gasteiger partial charge is 0.258 e. The Morgan fingerprint density at radius 1 is 1.44 bits per heavy atom. The molecular weight excluding hydrogens is 365 g/mol. The van der Waals surface area contributed by atoms with E-state index in [9.17, 15) is 9.59 Å². The Bertz CT molecular complexity index is 613. The first-order chi connectivity index (χ1) is 11.5. The first-order valence-electron chi connectivity index (χ1n) is 8.07. The van der Waals surface area contributed by atoms with Crippen LogP contribution in [-0.2, 0) is 4.79 Å². The molecule has 0 aromatic heterocycles. The summed E-state index contributed by atoms with van der Waals surface area (Å²) in [5.41, 5.74) is 0.383. The molecule has 1 aromatic carbocycles. The molecule has 1 saturated heterocycles. The van der Waals surface area contributed by atoms with E-state index >= 15 is 0 Å². The van der Waals surface area contributed by atoms with Gasteiger partial charge in [0.05, 0.1) is 12.7 Å². The Morgan fingerprint density at radius 2 is 2.16 bits per heavy atom. The Balaban J connectivity index is 0.00000312. The maximum absolute atomic E-state index is 12.9. The summed E-state index contributed by atoms with van der Waals surface area (Å²) < 4.78 is 5.26. The van der Waals surface area contributed by atoms with Gasteiger partial charge in [0.15, 0.2) is 0 Å². The number of nitrogens with one attached hydrogen (secondary N) is 2. The van der Waals surface area contributed by atoms with Gasteiger partial charge in [-0.3, -0.25) is 9.59 Å². The molecule has 0 aliphatic carbocycles. The van der Waals surface area contributed by atoms with Crippen LogP contribution in [0.15, 0.2) is 18.2 Å². The number of benzene rings is 1. The third-order valence-corrected chi connectivity index (χ3v) is 4.52. The van der Waals surface area contributed by atoms with Crippen LogP contribution in [0, 0.1) is 0 Å². The Hall–Kier alpha value is -1.50. The molecule has 25 heavy (non-hydrogen) atoms. The van der Waals surface area contributed by atoms with Crippen LogP contribution in [0.3, 0.4) is 0 Å². The number of carbonyl (C=O) groups is 2. The maximum atomic E-state index is 12.9. The fraction of sp³-hybridized carbons (Fsp3) is 0.529. The zero-order valence-corrected chi connectivity index (χ0v) is 16.2. The van der Waals surface area contributed by atoms with E-state index in [0.29, 0.717) is 35.8 Å². The summed E-state index contributed by atoms with van der Waals surface area (Å²) in [5.74, 6) is 0.108. The number of methoxy groups -OCH3 is 1. The lowest BCUT2D eigenvalue weighted by molar-refractivity contribution is -0.124. The second-order valence-electron chi connectivity index (χ2n) is 5.94. The molecule has 0 bridgehead atoms. The number of hydrogen-bond acceptors (Lipinski definition) is 4. The van der Waals surface area contributed by atoms with Crippen LogP contribution in [0.4, 0.5) is 0 Å². The first-order valence-corrected chi connectivity index (χ1v) is 8.45. The fourth-order valence-electron chi connectivity index (χ4n) is 2.76. The highest BCUT2D eigenvalue weighted by Crippen LogP contribution is 2.27. The molecule has 6 nitrogen and oxygen atoms in total. The molecule has 8 heteroatoms. The summed E-state index contributed by atoms with van der Waals surface area (Å²) in [4.78, 5) is 26.9. The number of halogens is 2. The van der Waals surface area contributed by atoms with Crippen LogP contribution >= 0.6 is 24.0 Å². The van der Waals surface area contributed by atoms with E-state index in [1.54, 1.807) is 23.1 Å². The average molecular weight is 390 g/mol. The van der Waals surface area contributed by atoms with Crippen LogP contribution in [0.25, 0.3) is 0 Å². The first kappa shape index (κ1) is 21.5. The summed E-state index contributed by atoms with van der Waals surface area (Å²) in [6, 6.07) is 4.64. The van der Waals surface area contributed by atoms with Crippen LogP contribution in [0.1, 0.15) is 30.1 Å². The summed E-state index contributed by atoms with van der Waals surface area (Å²) in [6.07, 6.45) is 1.46. The second kappa shape index (κ2) is 9.85. The number of carbonyl (C=O) groups excluding carboxylic acids is 2. The molecule has 0 saturated carbocycles. The molecule has 1 aliphatic heterocycles. The van der Waals surface area contributed by atoms with Crippen molar-refractivity contribution in [3.63, 3.8) is 0 Å². The topological polar surface area (TPSA) is 70.7 Å². The van der Waals surface area contributed by atoms with E-state index in [-0.39, 0.29) is 30.3 Å². The normalized spacial score (nSPS) is 17.6. The molecule has 1 heterocycles. The van der Waals surface area contributed by atoms with E-state index < -0.39 is 6.04 Å². The number of rotatable bonds is 6. The van der Waals surface area contributed by atoms with E-state index in [4.69, 9.17) is 16.3 Å². The molecule has 1 aromatic rings. The quantitative estimate of drug-likeness (QED) is 0.781. The summed E-state index contributed by atoms with van der Waals surface area (Å²) in [5, 5.41) is 6.42. The molecule has 2 amide bonds. The van der Waals surface area contributed by atoms with Gasteiger partial charge in [0.2, 0.25) is 5.91 Å². The van der Waals surface area contributed by atoms with Crippen molar-refractivity contribution in [1.29, 1.82) is 0 Å². The Morgan fingerprint density at radius 3 is 2.80 bits per heavy atom. The minimum atomic E-state index is -0.453. The minimum absolute atomic E-state index is 0. The van der Waals surface area contributed by atoms with Crippen LogP contribution < -0.4 is 15.4 Å². The monoisotopic (exact) mass is 389 g/mol. The van der Waals surface area contributed by atoms with E-state index in [1.165, 1.54) is 7.11 Å². The average Bonchev–Trinajstić information content (AvgIpc) is 3.08. The van der Waals surface area contributed by atoms with Gasteiger partial charge in [-0.05, 0) is 45.0 Å². The van der Waals surface area contributed by atoms with Gasteiger partial charge in [0.1, 0.15) is 11.8 Å². The van der Waals surface area contributed by atoms with E-state index in [0.717, 1.165) is 6.42 Å². The molecule has 2 N–H and O–H groups in total.